The van der Waals surface area contributed by atoms with E-state index >= 15 is 0 Å². The lowest BCUT2D eigenvalue weighted by Gasteiger charge is -2.36. The van der Waals surface area contributed by atoms with E-state index in [1.807, 2.05) is 14.0 Å². The summed E-state index contributed by atoms with van der Waals surface area (Å²) in [5.74, 6) is 3.02. The van der Waals surface area contributed by atoms with Gasteiger partial charge in [-0.25, -0.2) is 9.37 Å². The van der Waals surface area contributed by atoms with Crippen LogP contribution in [0.2, 0.25) is 0 Å². The lowest BCUT2D eigenvalue weighted by atomic mass is 9.88. The van der Waals surface area contributed by atoms with E-state index in [1.54, 1.807) is 18.2 Å². The molecule has 3 fully saturated rings. The smallest absolute Gasteiger partial charge is 0.316 e. The number of terminal acetylenes is 1. The minimum Gasteiger partial charge on any atom is -0.508 e. The fraction of sp³-hybridized carbons (Fsp3) is 0.529. The molecule has 2 saturated heterocycles. The molecular weight excluding hydrogens is 531 g/mol. The maximum absolute atomic E-state index is 14.8. The van der Waals surface area contributed by atoms with Gasteiger partial charge >= 0.3 is 6.01 Å². The van der Waals surface area contributed by atoms with Crippen LogP contribution in [0.15, 0.2) is 24.3 Å². The number of hydrogen-bond donors (Lipinski definition) is 1. The van der Waals surface area contributed by atoms with Crippen molar-refractivity contribution in [3.8, 4) is 24.1 Å². The highest BCUT2D eigenvalue weighted by Crippen LogP contribution is 2.44. The Bertz CT molecular complexity index is 1570. The Balaban J connectivity index is 1.13. The van der Waals surface area contributed by atoms with Gasteiger partial charge in [0.25, 0.3) is 0 Å². The minimum atomic E-state index is -0.436. The van der Waals surface area contributed by atoms with Crippen LogP contribution in [0.4, 0.5) is 4.39 Å². The van der Waals surface area contributed by atoms with Crippen LogP contribution >= 0.6 is 0 Å². The summed E-state index contributed by atoms with van der Waals surface area (Å²) < 4.78 is 27.3. The van der Waals surface area contributed by atoms with E-state index in [-0.39, 0.29) is 22.9 Å². The first-order valence-electron chi connectivity index (χ1n) is 15.3. The van der Waals surface area contributed by atoms with Crippen LogP contribution in [0.3, 0.4) is 0 Å². The van der Waals surface area contributed by atoms with E-state index < -0.39 is 5.82 Å². The number of rotatable bonds is 8. The molecule has 0 radical (unpaired) electrons. The molecule has 42 heavy (non-hydrogen) atoms. The summed E-state index contributed by atoms with van der Waals surface area (Å²) in [6.45, 7) is 6.04. The van der Waals surface area contributed by atoms with Gasteiger partial charge in [0.15, 0.2) is 0 Å². The monoisotopic (exact) mass is 570 g/mol. The maximum atomic E-state index is 14.8. The third kappa shape index (κ3) is 4.92. The molecule has 8 heteroatoms. The van der Waals surface area contributed by atoms with Gasteiger partial charge < -0.3 is 14.6 Å². The zero-order valence-corrected chi connectivity index (χ0v) is 24.5. The SMILES string of the molecule is C#Cc1c(F)ccc2cc(O)cc(C3Cc4nc(OCC56CCCN5C(COCC5CC5)CC6)nc(C)c4CN3C)c12. The summed E-state index contributed by atoms with van der Waals surface area (Å²) in [7, 11) is 2.03. The number of aryl methyl sites for hydroxylation is 1. The molecule has 0 bridgehead atoms. The number of aromatic nitrogens is 2. The number of hydrogen-bond acceptors (Lipinski definition) is 7. The number of halogens is 1. The van der Waals surface area contributed by atoms with Crippen molar-refractivity contribution in [2.75, 3.05) is 33.4 Å². The topological polar surface area (TPSA) is 71.0 Å². The molecular formula is C34H39FN4O3. The van der Waals surface area contributed by atoms with Gasteiger partial charge in [-0.1, -0.05) is 12.0 Å². The molecule has 1 aromatic heterocycles. The number of fused-ring (bicyclic) bond motifs is 3. The highest BCUT2D eigenvalue weighted by Gasteiger charge is 2.50. The highest BCUT2D eigenvalue weighted by molar-refractivity contribution is 5.93. The zero-order chi connectivity index (χ0) is 29.0. The predicted molar refractivity (Wildman–Crippen MR) is 159 cm³/mol. The number of phenolic OH excluding ortho intramolecular Hbond substituents is 1. The number of aromatic hydroxyl groups is 1. The number of nitrogens with zero attached hydrogens (tertiary/aromatic N) is 4. The molecule has 1 N–H and O–H groups in total. The van der Waals surface area contributed by atoms with Crippen LogP contribution in [0.5, 0.6) is 11.8 Å². The van der Waals surface area contributed by atoms with E-state index in [0.717, 1.165) is 72.8 Å². The molecule has 4 aliphatic rings. The Labute approximate surface area is 247 Å². The normalized spacial score (nSPS) is 25.9. The van der Waals surface area contributed by atoms with E-state index in [2.05, 4.69) is 15.7 Å². The van der Waals surface area contributed by atoms with Gasteiger partial charge in [-0.3, -0.25) is 9.80 Å². The van der Waals surface area contributed by atoms with Gasteiger partial charge in [0.05, 0.1) is 23.4 Å². The van der Waals surface area contributed by atoms with Crippen molar-refractivity contribution in [3.05, 3.63) is 58.2 Å². The summed E-state index contributed by atoms with van der Waals surface area (Å²) >= 11 is 0. The zero-order valence-electron chi connectivity index (χ0n) is 24.5. The van der Waals surface area contributed by atoms with Gasteiger partial charge in [0.1, 0.15) is 18.2 Å². The van der Waals surface area contributed by atoms with Crippen molar-refractivity contribution >= 4 is 10.8 Å². The molecule has 0 amide bonds. The quantitative estimate of drug-likeness (QED) is 0.369. The van der Waals surface area contributed by atoms with Crippen LogP contribution in [0, 0.1) is 31.0 Å². The Morgan fingerprint density at radius 1 is 1.17 bits per heavy atom. The van der Waals surface area contributed by atoms with Crippen LogP contribution in [-0.4, -0.2) is 69.9 Å². The van der Waals surface area contributed by atoms with E-state index in [1.165, 1.54) is 25.3 Å². The Hall–Kier alpha value is -3.25. The summed E-state index contributed by atoms with van der Waals surface area (Å²) in [6.07, 6.45) is 13.5. The van der Waals surface area contributed by atoms with Crippen molar-refractivity contribution < 1.29 is 19.0 Å². The predicted octanol–water partition coefficient (Wildman–Crippen LogP) is 5.30. The first kappa shape index (κ1) is 27.6. The van der Waals surface area contributed by atoms with Crippen molar-refractivity contribution in [3.63, 3.8) is 0 Å². The maximum Gasteiger partial charge on any atom is 0.316 e. The second kappa shape index (κ2) is 10.8. The lowest BCUT2D eigenvalue weighted by molar-refractivity contribution is 0.0332. The number of benzene rings is 2. The van der Waals surface area contributed by atoms with E-state index in [4.69, 9.17) is 25.9 Å². The minimum absolute atomic E-state index is 0.0275. The number of likely N-dealkylation sites (N-methyl/N-ethyl adjacent to an activating group) is 1. The average Bonchev–Trinajstić information content (AvgIpc) is 3.60. The highest BCUT2D eigenvalue weighted by atomic mass is 19.1. The first-order valence-corrected chi connectivity index (χ1v) is 15.3. The molecule has 3 unspecified atom stereocenters. The van der Waals surface area contributed by atoms with E-state index in [0.29, 0.717) is 37.0 Å². The van der Waals surface area contributed by atoms with Crippen molar-refractivity contribution in [2.45, 2.75) is 76.0 Å². The second-order valence-corrected chi connectivity index (χ2v) is 12.8. The molecule has 4 heterocycles. The molecule has 7 rings (SSSR count). The lowest BCUT2D eigenvalue weighted by Crippen LogP contribution is -2.48. The third-order valence-electron chi connectivity index (χ3n) is 10.1. The van der Waals surface area contributed by atoms with Gasteiger partial charge in [0, 0.05) is 48.3 Å². The van der Waals surface area contributed by atoms with Crippen molar-refractivity contribution in [1.82, 2.24) is 19.8 Å². The summed E-state index contributed by atoms with van der Waals surface area (Å²) in [4.78, 5) is 14.5. The fourth-order valence-electron chi connectivity index (χ4n) is 7.62. The molecule has 1 saturated carbocycles. The second-order valence-electron chi connectivity index (χ2n) is 12.8. The first-order chi connectivity index (χ1) is 20.3. The van der Waals surface area contributed by atoms with Crippen LogP contribution < -0.4 is 4.74 Å². The van der Waals surface area contributed by atoms with Crippen LogP contribution in [0.25, 0.3) is 10.8 Å². The Morgan fingerprint density at radius 2 is 2.02 bits per heavy atom. The molecule has 2 aromatic carbocycles. The fourth-order valence-corrected chi connectivity index (χ4v) is 7.62. The van der Waals surface area contributed by atoms with Gasteiger partial charge in [0.2, 0.25) is 0 Å². The summed E-state index contributed by atoms with van der Waals surface area (Å²) in [5.41, 5.74) is 3.97. The number of phenols is 1. The molecule has 3 atom stereocenters. The standard InChI is InChI=1S/C34H39FN4O3/c1-4-26-29(35)9-8-23-14-25(40)15-27(32(23)26)31-16-30-28(17-38(31)3)21(2)36-33(37-30)42-20-34-11-5-13-39(34)24(10-12-34)19-41-18-22-6-7-22/h1,8-9,14-15,22,24,31,40H,5-7,10-13,16-20H2,2-3H3. The molecule has 0 spiro atoms. The molecule has 220 valence electrons. The van der Waals surface area contributed by atoms with Crippen molar-refractivity contribution in [2.24, 2.45) is 5.92 Å². The largest absolute Gasteiger partial charge is 0.508 e. The summed E-state index contributed by atoms with van der Waals surface area (Å²) in [5, 5.41) is 11.9. The average molecular weight is 571 g/mol. The molecule has 3 aromatic rings. The van der Waals surface area contributed by atoms with E-state index in [9.17, 15) is 9.50 Å². The van der Waals surface area contributed by atoms with Gasteiger partial charge in [-0.2, -0.15) is 4.98 Å². The number of ether oxygens (including phenoxy) is 2. The van der Waals surface area contributed by atoms with Crippen LogP contribution in [0.1, 0.15) is 72.6 Å². The molecule has 7 nitrogen and oxygen atoms in total. The Morgan fingerprint density at radius 3 is 2.83 bits per heavy atom. The Kier molecular flexibility index (Phi) is 7.08. The van der Waals surface area contributed by atoms with Crippen molar-refractivity contribution in [1.29, 1.82) is 0 Å². The van der Waals surface area contributed by atoms with Gasteiger partial charge in [-0.15, -0.1) is 6.42 Å². The molecule has 1 aliphatic carbocycles. The van der Waals surface area contributed by atoms with Crippen LogP contribution in [-0.2, 0) is 17.7 Å². The molecule has 3 aliphatic heterocycles. The van der Waals surface area contributed by atoms with Gasteiger partial charge in [-0.05, 0) is 94.1 Å². The summed E-state index contributed by atoms with van der Waals surface area (Å²) in [6, 6.07) is 7.10. The third-order valence-corrected chi connectivity index (χ3v) is 10.1.